The van der Waals surface area contributed by atoms with Crippen molar-refractivity contribution >= 4 is 9.84 Å². The predicted molar refractivity (Wildman–Crippen MR) is 115 cm³/mol. The normalized spacial score (nSPS) is 16.0. The third kappa shape index (κ3) is 3.69. The van der Waals surface area contributed by atoms with Crippen LogP contribution < -0.4 is 5.56 Å². The standard InChI is InChI=1S/C23H23FN2O3S/c1-23(13-3-4-14-23)26-22(27)21(17-5-9-18(24)10-6-17)20(15-25-26)16-7-11-19(12-8-16)30(2,28)29/h5-12,15H,3-4,13-14H2,1-2H3. The van der Waals surface area contributed by atoms with Crippen LogP contribution in [0.4, 0.5) is 4.39 Å². The molecular formula is C23H23FN2O3S. The predicted octanol–water partition coefficient (Wildman–Crippen LogP) is 4.41. The molecule has 0 radical (unpaired) electrons. The minimum atomic E-state index is -3.33. The highest BCUT2D eigenvalue weighted by atomic mass is 32.2. The summed E-state index contributed by atoms with van der Waals surface area (Å²) >= 11 is 0. The van der Waals surface area contributed by atoms with E-state index in [2.05, 4.69) is 5.10 Å². The van der Waals surface area contributed by atoms with Crippen molar-refractivity contribution in [1.29, 1.82) is 0 Å². The number of benzene rings is 2. The average molecular weight is 427 g/mol. The fourth-order valence-electron chi connectivity index (χ4n) is 4.18. The van der Waals surface area contributed by atoms with Crippen LogP contribution >= 0.6 is 0 Å². The van der Waals surface area contributed by atoms with E-state index in [1.54, 1.807) is 35.1 Å². The average Bonchev–Trinajstić information content (AvgIpc) is 3.15. The molecule has 1 fully saturated rings. The summed E-state index contributed by atoms with van der Waals surface area (Å²) < 4.78 is 38.6. The minimum absolute atomic E-state index is 0.203. The number of aromatic nitrogens is 2. The van der Waals surface area contributed by atoms with Gasteiger partial charge in [-0.15, -0.1) is 0 Å². The molecule has 7 heteroatoms. The molecule has 1 aliphatic rings. The Bertz CT molecular complexity index is 1240. The number of sulfone groups is 1. The maximum Gasteiger partial charge on any atom is 0.275 e. The van der Waals surface area contributed by atoms with E-state index in [0.717, 1.165) is 31.9 Å². The molecule has 0 unspecified atom stereocenters. The highest BCUT2D eigenvalue weighted by Gasteiger charge is 2.33. The summed E-state index contributed by atoms with van der Waals surface area (Å²) in [5.74, 6) is -0.380. The molecule has 156 valence electrons. The smallest absolute Gasteiger partial charge is 0.267 e. The topological polar surface area (TPSA) is 69.0 Å². The van der Waals surface area contributed by atoms with Crippen molar-refractivity contribution in [3.63, 3.8) is 0 Å². The molecule has 1 aliphatic carbocycles. The molecule has 0 bridgehead atoms. The van der Waals surface area contributed by atoms with Gasteiger partial charge in [-0.05, 0) is 55.2 Å². The molecule has 0 aliphatic heterocycles. The van der Waals surface area contributed by atoms with Crippen LogP contribution in [-0.2, 0) is 15.4 Å². The van der Waals surface area contributed by atoms with Crippen LogP contribution in [0.1, 0.15) is 32.6 Å². The Labute approximate surface area is 175 Å². The van der Waals surface area contributed by atoms with E-state index in [4.69, 9.17) is 0 Å². The lowest BCUT2D eigenvalue weighted by atomic mass is 9.95. The van der Waals surface area contributed by atoms with Gasteiger partial charge in [0.25, 0.3) is 5.56 Å². The number of hydrogen-bond acceptors (Lipinski definition) is 4. The van der Waals surface area contributed by atoms with E-state index in [1.165, 1.54) is 24.3 Å². The summed E-state index contributed by atoms with van der Waals surface area (Å²) in [7, 11) is -3.33. The Hall–Kier alpha value is -2.80. The van der Waals surface area contributed by atoms with Gasteiger partial charge >= 0.3 is 0 Å². The highest BCUT2D eigenvalue weighted by Crippen LogP contribution is 2.36. The lowest BCUT2D eigenvalue weighted by Gasteiger charge is -2.26. The van der Waals surface area contributed by atoms with Gasteiger partial charge in [0.1, 0.15) is 5.82 Å². The molecule has 3 aromatic rings. The Kier molecular flexibility index (Phi) is 5.10. The summed E-state index contributed by atoms with van der Waals surface area (Å²) in [5, 5.41) is 4.50. The van der Waals surface area contributed by atoms with Gasteiger partial charge in [-0.2, -0.15) is 5.10 Å². The first-order valence-corrected chi connectivity index (χ1v) is 11.8. The second-order valence-electron chi connectivity index (χ2n) is 8.16. The third-order valence-electron chi connectivity index (χ3n) is 5.90. The van der Waals surface area contributed by atoms with Crippen LogP contribution in [0.25, 0.3) is 22.3 Å². The zero-order valence-corrected chi connectivity index (χ0v) is 17.7. The first kappa shape index (κ1) is 20.5. The number of halogens is 1. The van der Waals surface area contributed by atoms with Gasteiger partial charge in [0.15, 0.2) is 9.84 Å². The van der Waals surface area contributed by atoms with Gasteiger partial charge < -0.3 is 0 Å². The van der Waals surface area contributed by atoms with Crippen LogP contribution in [0, 0.1) is 5.82 Å². The maximum absolute atomic E-state index is 13.6. The van der Waals surface area contributed by atoms with E-state index in [-0.39, 0.29) is 21.8 Å². The SMILES string of the molecule is CC1(n2ncc(-c3ccc(S(C)(=O)=O)cc3)c(-c3ccc(F)cc3)c2=O)CCCC1. The summed E-state index contributed by atoms with van der Waals surface area (Å²) in [6, 6.07) is 12.2. The van der Waals surface area contributed by atoms with Gasteiger partial charge in [-0.3, -0.25) is 4.79 Å². The van der Waals surface area contributed by atoms with E-state index < -0.39 is 9.84 Å². The lowest BCUT2D eigenvalue weighted by Crippen LogP contribution is -2.39. The summed E-state index contributed by atoms with van der Waals surface area (Å²) in [6.45, 7) is 2.05. The molecule has 0 saturated heterocycles. The van der Waals surface area contributed by atoms with Crippen LogP contribution in [0.2, 0.25) is 0 Å². The second kappa shape index (κ2) is 7.47. The molecule has 5 nitrogen and oxygen atoms in total. The zero-order valence-electron chi connectivity index (χ0n) is 16.9. The number of hydrogen-bond donors (Lipinski definition) is 0. The summed E-state index contributed by atoms with van der Waals surface area (Å²) in [4.78, 5) is 13.8. The van der Waals surface area contributed by atoms with Crippen molar-refractivity contribution in [3.05, 3.63) is 70.9 Å². The van der Waals surface area contributed by atoms with E-state index in [9.17, 15) is 17.6 Å². The van der Waals surface area contributed by atoms with Gasteiger partial charge in [0, 0.05) is 11.8 Å². The zero-order chi connectivity index (χ0) is 21.5. The largest absolute Gasteiger partial charge is 0.275 e. The summed E-state index contributed by atoms with van der Waals surface area (Å²) in [6.07, 6.45) is 6.66. The Morgan fingerprint density at radius 1 is 0.967 bits per heavy atom. The van der Waals surface area contributed by atoms with Crippen LogP contribution in [0.15, 0.2) is 64.4 Å². The Balaban J connectivity index is 1.93. The fourth-order valence-corrected chi connectivity index (χ4v) is 4.81. The van der Waals surface area contributed by atoms with Crippen LogP contribution in [-0.4, -0.2) is 24.5 Å². The Morgan fingerprint density at radius 2 is 1.53 bits per heavy atom. The molecule has 30 heavy (non-hydrogen) atoms. The van der Waals surface area contributed by atoms with Gasteiger partial charge in [0.05, 0.1) is 22.2 Å². The highest BCUT2D eigenvalue weighted by molar-refractivity contribution is 7.90. The molecule has 0 amide bonds. The second-order valence-corrected chi connectivity index (χ2v) is 10.2. The number of nitrogens with zero attached hydrogens (tertiary/aromatic N) is 2. The van der Waals surface area contributed by atoms with Crippen LogP contribution in [0.3, 0.4) is 0 Å². The molecular weight excluding hydrogens is 403 g/mol. The van der Waals surface area contributed by atoms with Crippen molar-refractivity contribution in [2.45, 2.75) is 43.0 Å². The van der Waals surface area contributed by atoms with Crippen molar-refractivity contribution < 1.29 is 12.8 Å². The molecule has 0 spiro atoms. The van der Waals surface area contributed by atoms with Crippen molar-refractivity contribution in [2.75, 3.05) is 6.26 Å². The summed E-state index contributed by atoms with van der Waals surface area (Å²) in [5.41, 5.74) is 1.73. The first-order valence-electron chi connectivity index (χ1n) is 9.88. The van der Waals surface area contributed by atoms with Gasteiger partial charge in [-0.25, -0.2) is 17.5 Å². The Morgan fingerprint density at radius 3 is 2.10 bits per heavy atom. The molecule has 1 aromatic heterocycles. The van der Waals surface area contributed by atoms with E-state index in [0.29, 0.717) is 22.3 Å². The van der Waals surface area contributed by atoms with E-state index >= 15 is 0 Å². The first-order chi connectivity index (χ1) is 14.2. The van der Waals surface area contributed by atoms with Gasteiger partial charge in [0.2, 0.25) is 0 Å². The molecule has 4 rings (SSSR count). The molecule has 1 heterocycles. The molecule has 1 saturated carbocycles. The monoisotopic (exact) mass is 426 g/mol. The fraction of sp³-hybridized carbons (Fsp3) is 0.304. The number of rotatable bonds is 4. The maximum atomic E-state index is 13.6. The van der Waals surface area contributed by atoms with E-state index in [1.807, 2.05) is 6.92 Å². The molecule has 2 aromatic carbocycles. The molecule has 0 atom stereocenters. The van der Waals surface area contributed by atoms with Crippen LogP contribution in [0.5, 0.6) is 0 Å². The van der Waals surface area contributed by atoms with Crippen molar-refractivity contribution in [2.24, 2.45) is 0 Å². The van der Waals surface area contributed by atoms with Gasteiger partial charge in [-0.1, -0.05) is 37.1 Å². The quantitative estimate of drug-likeness (QED) is 0.620. The third-order valence-corrected chi connectivity index (χ3v) is 7.02. The lowest BCUT2D eigenvalue weighted by molar-refractivity contribution is 0.282. The van der Waals surface area contributed by atoms with Crippen molar-refractivity contribution in [3.8, 4) is 22.3 Å². The molecule has 0 N–H and O–H groups in total. The van der Waals surface area contributed by atoms with Crippen molar-refractivity contribution in [1.82, 2.24) is 9.78 Å². The minimum Gasteiger partial charge on any atom is -0.267 e.